The van der Waals surface area contributed by atoms with E-state index in [4.69, 9.17) is 16.3 Å². The number of benzene rings is 2. The Morgan fingerprint density at radius 1 is 1.23 bits per heavy atom. The zero-order valence-corrected chi connectivity index (χ0v) is 17.9. The average molecular weight is 430 g/mol. The molecule has 158 valence electrons. The zero-order valence-electron chi connectivity index (χ0n) is 17.1. The summed E-state index contributed by atoms with van der Waals surface area (Å²) in [5, 5.41) is 6.02. The second-order valence-corrected chi connectivity index (χ2v) is 7.54. The summed E-state index contributed by atoms with van der Waals surface area (Å²) in [6, 6.07) is 11.9. The number of carbonyl (C=O) groups is 3. The molecule has 0 aliphatic carbocycles. The highest BCUT2D eigenvalue weighted by Crippen LogP contribution is 2.34. The molecule has 1 aliphatic heterocycles. The van der Waals surface area contributed by atoms with E-state index in [1.54, 1.807) is 37.4 Å². The van der Waals surface area contributed by atoms with Crippen molar-refractivity contribution in [2.24, 2.45) is 0 Å². The summed E-state index contributed by atoms with van der Waals surface area (Å²) in [4.78, 5) is 39.1. The first-order chi connectivity index (χ1) is 14.3. The van der Waals surface area contributed by atoms with Gasteiger partial charge in [-0.15, -0.1) is 0 Å². The molecule has 1 heterocycles. The Morgan fingerprint density at radius 2 is 1.97 bits per heavy atom. The number of rotatable bonds is 7. The van der Waals surface area contributed by atoms with Gasteiger partial charge in [-0.3, -0.25) is 14.5 Å². The quantitative estimate of drug-likeness (QED) is 0.662. The highest BCUT2D eigenvalue weighted by molar-refractivity contribution is 6.31. The fraction of sp³-hybridized carbons (Fsp3) is 0.318. The number of urea groups is 1. The van der Waals surface area contributed by atoms with Crippen LogP contribution in [0.1, 0.15) is 30.0 Å². The molecule has 2 aromatic carbocycles. The molecule has 0 saturated carbocycles. The van der Waals surface area contributed by atoms with Crippen molar-refractivity contribution >= 4 is 29.4 Å². The summed E-state index contributed by atoms with van der Waals surface area (Å²) in [5.41, 5.74) is 1.04. The van der Waals surface area contributed by atoms with Crippen molar-refractivity contribution in [1.29, 1.82) is 0 Å². The Bertz CT molecular complexity index is 994. The van der Waals surface area contributed by atoms with E-state index >= 15 is 0 Å². The van der Waals surface area contributed by atoms with Crippen molar-refractivity contribution < 1.29 is 19.1 Å². The van der Waals surface area contributed by atoms with Gasteiger partial charge in [-0.25, -0.2) is 4.79 Å². The molecule has 1 saturated heterocycles. The summed E-state index contributed by atoms with van der Waals surface area (Å²) in [5.74, 6) is -0.207. The lowest BCUT2D eigenvalue weighted by molar-refractivity contribution is -0.135. The standard InChI is InChI=1S/C22H24ClN3O4/c1-4-22(16-9-10-18(30-3)14(2)11-16)20(28)26(21(29)25-22)13-19(27)24-12-15-7-5-6-8-17(15)23/h5-11H,4,12-13H2,1-3H3,(H,24,27)(H,25,29). The van der Waals surface area contributed by atoms with Gasteiger partial charge >= 0.3 is 6.03 Å². The van der Waals surface area contributed by atoms with Crippen LogP contribution >= 0.6 is 11.6 Å². The number of nitrogens with zero attached hydrogens (tertiary/aromatic N) is 1. The lowest BCUT2D eigenvalue weighted by Crippen LogP contribution is -2.44. The van der Waals surface area contributed by atoms with Gasteiger partial charge in [0.25, 0.3) is 5.91 Å². The largest absolute Gasteiger partial charge is 0.496 e. The predicted molar refractivity (Wildman–Crippen MR) is 113 cm³/mol. The van der Waals surface area contributed by atoms with Crippen LogP contribution in [0.2, 0.25) is 5.02 Å². The number of carbonyl (C=O) groups excluding carboxylic acids is 3. The molecule has 2 aromatic rings. The molecular weight excluding hydrogens is 406 g/mol. The van der Waals surface area contributed by atoms with Crippen LogP contribution in [-0.2, 0) is 21.7 Å². The van der Waals surface area contributed by atoms with Gasteiger partial charge < -0.3 is 15.4 Å². The van der Waals surface area contributed by atoms with Gasteiger partial charge in [0.1, 0.15) is 17.8 Å². The monoisotopic (exact) mass is 429 g/mol. The molecule has 2 N–H and O–H groups in total. The second-order valence-electron chi connectivity index (χ2n) is 7.13. The molecule has 8 heteroatoms. The van der Waals surface area contributed by atoms with Gasteiger partial charge in [0, 0.05) is 11.6 Å². The highest BCUT2D eigenvalue weighted by Gasteiger charge is 2.51. The van der Waals surface area contributed by atoms with Crippen LogP contribution in [0, 0.1) is 6.92 Å². The van der Waals surface area contributed by atoms with E-state index in [9.17, 15) is 14.4 Å². The molecule has 1 fully saturated rings. The van der Waals surface area contributed by atoms with E-state index < -0.39 is 23.4 Å². The molecule has 0 spiro atoms. The summed E-state index contributed by atoms with van der Waals surface area (Å²) in [7, 11) is 1.57. The van der Waals surface area contributed by atoms with E-state index in [1.807, 2.05) is 26.0 Å². The summed E-state index contributed by atoms with van der Waals surface area (Å²) in [6.45, 7) is 3.52. The number of hydrogen-bond acceptors (Lipinski definition) is 4. The predicted octanol–water partition coefficient (Wildman–Crippen LogP) is 3.13. The minimum Gasteiger partial charge on any atom is -0.496 e. The third kappa shape index (κ3) is 3.98. The fourth-order valence-electron chi connectivity index (χ4n) is 3.59. The number of hydrogen-bond donors (Lipinski definition) is 2. The maximum absolute atomic E-state index is 13.2. The van der Waals surface area contributed by atoms with E-state index in [0.29, 0.717) is 22.8 Å². The third-order valence-corrected chi connectivity index (χ3v) is 5.70. The Kier molecular flexibility index (Phi) is 6.31. The molecule has 3 rings (SSSR count). The first kappa shape index (κ1) is 21.6. The number of methoxy groups -OCH3 is 1. The van der Waals surface area contributed by atoms with Crippen LogP contribution in [0.5, 0.6) is 5.75 Å². The smallest absolute Gasteiger partial charge is 0.325 e. The number of ether oxygens (including phenoxy) is 1. The van der Waals surface area contributed by atoms with Gasteiger partial charge in [-0.1, -0.05) is 42.8 Å². The van der Waals surface area contributed by atoms with Gasteiger partial charge in [0.2, 0.25) is 5.91 Å². The van der Waals surface area contributed by atoms with Gasteiger partial charge in [0.15, 0.2) is 0 Å². The van der Waals surface area contributed by atoms with Crippen LogP contribution in [0.4, 0.5) is 4.79 Å². The summed E-state index contributed by atoms with van der Waals surface area (Å²) >= 11 is 6.09. The normalized spacial score (nSPS) is 18.3. The lowest BCUT2D eigenvalue weighted by Gasteiger charge is -2.26. The third-order valence-electron chi connectivity index (χ3n) is 5.33. The molecule has 1 atom stereocenters. The minimum absolute atomic E-state index is 0.207. The Balaban J connectivity index is 1.75. The van der Waals surface area contributed by atoms with Crippen LogP contribution in [0.3, 0.4) is 0 Å². The molecule has 1 aliphatic rings. The zero-order chi connectivity index (χ0) is 21.9. The second kappa shape index (κ2) is 8.75. The molecule has 0 radical (unpaired) electrons. The molecule has 7 nitrogen and oxygen atoms in total. The topological polar surface area (TPSA) is 87.7 Å². The molecule has 4 amide bonds. The molecule has 0 bridgehead atoms. The van der Waals surface area contributed by atoms with E-state index in [1.165, 1.54) is 0 Å². The van der Waals surface area contributed by atoms with Crippen LogP contribution < -0.4 is 15.4 Å². The Labute approximate surface area is 180 Å². The average Bonchev–Trinajstić information content (AvgIpc) is 2.98. The summed E-state index contributed by atoms with van der Waals surface area (Å²) in [6.07, 6.45) is 0.348. The number of imide groups is 1. The van der Waals surface area contributed by atoms with Gasteiger partial charge in [0.05, 0.1) is 7.11 Å². The molecule has 30 heavy (non-hydrogen) atoms. The number of aryl methyl sites for hydroxylation is 1. The molecule has 0 aromatic heterocycles. The molecular formula is C22H24ClN3O4. The SMILES string of the molecule is CCC1(c2ccc(OC)c(C)c2)NC(=O)N(CC(=O)NCc2ccccc2Cl)C1=O. The fourth-order valence-corrected chi connectivity index (χ4v) is 3.79. The van der Waals surface area contributed by atoms with E-state index in [-0.39, 0.29) is 13.1 Å². The van der Waals surface area contributed by atoms with Crippen LogP contribution in [0.15, 0.2) is 42.5 Å². The number of amides is 4. The maximum atomic E-state index is 13.2. The van der Waals surface area contributed by atoms with E-state index in [0.717, 1.165) is 16.0 Å². The first-order valence-corrected chi connectivity index (χ1v) is 9.99. The van der Waals surface area contributed by atoms with Crippen molar-refractivity contribution in [2.45, 2.75) is 32.4 Å². The van der Waals surface area contributed by atoms with Crippen LogP contribution in [-0.4, -0.2) is 36.4 Å². The Hall–Kier alpha value is -3.06. The van der Waals surface area contributed by atoms with Crippen molar-refractivity contribution in [3.63, 3.8) is 0 Å². The van der Waals surface area contributed by atoms with Crippen molar-refractivity contribution in [3.05, 3.63) is 64.2 Å². The van der Waals surface area contributed by atoms with Gasteiger partial charge in [-0.2, -0.15) is 0 Å². The minimum atomic E-state index is -1.21. The van der Waals surface area contributed by atoms with Crippen molar-refractivity contribution in [1.82, 2.24) is 15.5 Å². The van der Waals surface area contributed by atoms with Crippen molar-refractivity contribution in [2.75, 3.05) is 13.7 Å². The van der Waals surface area contributed by atoms with Gasteiger partial charge in [-0.05, 0) is 48.2 Å². The Morgan fingerprint density at radius 3 is 2.60 bits per heavy atom. The number of nitrogens with one attached hydrogen (secondary N) is 2. The maximum Gasteiger partial charge on any atom is 0.325 e. The van der Waals surface area contributed by atoms with Crippen LogP contribution in [0.25, 0.3) is 0 Å². The van der Waals surface area contributed by atoms with Crippen molar-refractivity contribution in [3.8, 4) is 5.75 Å². The lowest BCUT2D eigenvalue weighted by atomic mass is 9.86. The number of halogens is 1. The van der Waals surface area contributed by atoms with E-state index in [2.05, 4.69) is 10.6 Å². The highest BCUT2D eigenvalue weighted by atomic mass is 35.5. The molecule has 1 unspecified atom stereocenters. The summed E-state index contributed by atoms with van der Waals surface area (Å²) < 4.78 is 5.28. The first-order valence-electron chi connectivity index (χ1n) is 9.61.